The van der Waals surface area contributed by atoms with E-state index in [1.54, 1.807) is 25.3 Å². The molecule has 0 radical (unpaired) electrons. The summed E-state index contributed by atoms with van der Waals surface area (Å²) in [4.78, 5) is 12.1. The number of benzene rings is 2. The highest BCUT2D eigenvalue weighted by Gasteiger charge is 2.15. The van der Waals surface area contributed by atoms with Crippen LogP contribution in [0.3, 0.4) is 0 Å². The predicted octanol–water partition coefficient (Wildman–Crippen LogP) is 4.68. The Morgan fingerprint density at radius 1 is 1.25 bits per heavy atom. The van der Waals surface area contributed by atoms with Crippen LogP contribution in [0.15, 0.2) is 40.9 Å². The van der Waals surface area contributed by atoms with E-state index in [0.29, 0.717) is 15.2 Å². The van der Waals surface area contributed by atoms with Gasteiger partial charge in [-0.1, -0.05) is 29.3 Å². The lowest BCUT2D eigenvalue weighted by Gasteiger charge is -2.18. The molecule has 128 valence electrons. The Kier molecular flexibility index (Phi) is 6.52. The third-order valence-corrected chi connectivity index (χ3v) is 4.34. The standard InChI is InChI=1S/C18H19BrClNO3/c1-11-4-6-16(23-3)14(8-11)12(2)21-18(22)10-24-17-7-5-13(20)9-15(17)19/h4-9,12H,10H2,1-3H3,(H,21,22)/t12-/m1/s1. The fourth-order valence-electron chi connectivity index (χ4n) is 2.29. The second-order valence-corrected chi connectivity index (χ2v) is 6.69. The highest BCUT2D eigenvalue weighted by atomic mass is 79.9. The smallest absolute Gasteiger partial charge is 0.258 e. The van der Waals surface area contributed by atoms with E-state index in [1.165, 1.54) is 0 Å². The molecule has 0 aliphatic rings. The number of hydrogen-bond acceptors (Lipinski definition) is 3. The molecule has 0 heterocycles. The summed E-state index contributed by atoms with van der Waals surface area (Å²) in [5, 5.41) is 3.51. The lowest BCUT2D eigenvalue weighted by atomic mass is 10.0. The molecule has 24 heavy (non-hydrogen) atoms. The molecule has 1 atom stereocenters. The van der Waals surface area contributed by atoms with Gasteiger partial charge in [0.1, 0.15) is 11.5 Å². The lowest BCUT2D eigenvalue weighted by molar-refractivity contribution is -0.123. The molecule has 0 unspecified atom stereocenters. The van der Waals surface area contributed by atoms with Gasteiger partial charge in [-0.05, 0) is 54.0 Å². The molecule has 0 spiro atoms. The predicted molar refractivity (Wildman–Crippen MR) is 98.9 cm³/mol. The Labute approximate surface area is 155 Å². The van der Waals surface area contributed by atoms with Gasteiger partial charge in [-0.2, -0.15) is 0 Å². The molecular weight excluding hydrogens is 394 g/mol. The third-order valence-electron chi connectivity index (χ3n) is 3.48. The number of halogens is 2. The SMILES string of the molecule is COc1ccc(C)cc1[C@@H](C)NC(=O)COc1ccc(Cl)cc1Br. The number of ether oxygens (including phenoxy) is 2. The Hall–Kier alpha value is -1.72. The number of aryl methyl sites for hydroxylation is 1. The molecule has 1 amide bonds. The van der Waals surface area contributed by atoms with E-state index in [0.717, 1.165) is 16.9 Å². The number of amides is 1. The van der Waals surface area contributed by atoms with Crippen LogP contribution < -0.4 is 14.8 Å². The van der Waals surface area contributed by atoms with E-state index < -0.39 is 0 Å². The summed E-state index contributed by atoms with van der Waals surface area (Å²) in [7, 11) is 1.61. The molecule has 1 N–H and O–H groups in total. The molecule has 6 heteroatoms. The second-order valence-electron chi connectivity index (χ2n) is 5.40. The molecule has 2 aromatic carbocycles. The van der Waals surface area contributed by atoms with Gasteiger partial charge in [0.15, 0.2) is 6.61 Å². The summed E-state index contributed by atoms with van der Waals surface area (Å²) in [5.74, 6) is 1.10. The van der Waals surface area contributed by atoms with Crippen LogP contribution in [0.4, 0.5) is 0 Å². The number of hydrogen-bond donors (Lipinski definition) is 1. The van der Waals surface area contributed by atoms with E-state index in [-0.39, 0.29) is 18.6 Å². The zero-order chi connectivity index (χ0) is 17.7. The van der Waals surface area contributed by atoms with Crippen LogP contribution in [0.25, 0.3) is 0 Å². The summed E-state index contributed by atoms with van der Waals surface area (Å²) in [5.41, 5.74) is 2.03. The Balaban J connectivity index is 1.98. The van der Waals surface area contributed by atoms with Crippen molar-refractivity contribution < 1.29 is 14.3 Å². The minimum absolute atomic E-state index is 0.0846. The van der Waals surface area contributed by atoms with E-state index in [4.69, 9.17) is 21.1 Å². The van der Waals surface area contributed by atoms with Gasteiger partial charge in [0, 0.05) is 10.6 Å². The minimum Gasteiger partial charge on any atom is -0.496 e. The van der Waals surface area contributed by atoms with Gasteiger partial charge in [-0.25, -0.2) is 0 Å². The van der Waals surface area contributed by atoms with Crippen molar-refractivity contribution in [3.63, 3.8) is 0 Å². The van der Waals surface area contributed by atoms with Crippen LogP contribution in [0, 0.1) is 6.92 Å². The van der Waals surface area contributed by atoms with Crippen LogP contribution >= 0.6 is 27.5 Å². The zero-order valence-corrected chi connectivity index (χ0v) is 16.1. The molecule has 2 aromatic rings. The molecule has 0 aliphatic heterocycles. The van der Waals surface area contributed by atoms with Crippen molar-refractivity contribution in [3.8, 4) is 11.5 Å². The Bertz CT molecular complexity index is 736. The summed E-state index contributed by atoms with van der Waals surface area (Å²) in [6, 6.07) is 10.8. The van der Waals surface area contributed by atoms with Crippen molar-refractivity contribution in [1.29, 1.82) is 0 Å². The Morgan fingerprint density at radius 3 is 2.62 bits per heavy atom. The van der Waals surface area contributed by atoms with Crippen molar-refractivity contribution in [2.24, 2.45) is 0 Å². The number of carbonyl (C=O) groups is 1. The first-order chi connectivity index (χ1) is 11.4. The highest BCUT2D eigenvalue weighted by molar-refractivity contribution is 9.10. The molecule has 0 aromatic heterocycles. The van der Waals surface area contributed by atoms with Gasteiger partial charge in [0.25, 0.3) is 5.91 Å². The summed E-state index contributed by atoms with van der Waals surface area (Å²) in [6.45, 7) is 3.82. The first kappa shape index (κ1) is 18.6. The van der Waals surface area contributed by atoms with Gasteiger partial charge in [0.05, 0.1) is 17.6 Å². The second kappa shape index (κ2) is 8.40. The lowest BCUT2D eigenvalue weighted by Crippen LogP contribution is -2.31. The van der Waals surface area contributed by atoms with E-state index in [9.17, 15) is 4.79 Å². The van der Waals surface area contributed by atoms with Crippen molar-refractivity contribution >= 4 is 33.4 Å². The molecule has 2 rings (SSSR count). The number of nitrogens with one attached hydrogen (secondary N) is 1. The average Bonchev–Trinajstić information content (AvgIpc) is 2.54. The monoisotopic (exact) mass is 411 g/mol. The Morgan fingerprint density at radius 2 is 1.96 bits per heavy atom. The van der Waals surface area contributed by atoms with Gasteiger partial charge in [-0.15, -0.1) is 0 Å². The fourth-order valence-corrected chi connectivity index (χ4v) is 3.09. The number of rotatable bonds is 6. The van der Waals surface area contributed by atoms with E-state index in [2.05, 4.69) is 21.2 Å². The van der Waals surface area contributed by atoms with Crippen LogP contribution in [-0.4, -0.2) is 19.6 Å². The molecule has 0 bridgehead atoms. The highest BCUT2D eigenvalue weighted by Crippen LogP contribution is 2.28. The molecule has 0 saturated heterocycles. The molecular formula is C18H19BrClNO3. The maximum absolute atomic E-state index is 12.1. The first-order valence-corrected chi connectivity index (χ1v) is 8.59. The fraction of sp³-hybridized carbons (Fsp3) is 0.278. The van der Waals surface area contributed by atoms with Crippen LogP contribution in [-0.2, 0) is 4.79 Å². The zero-order valence-electron chi connectivity index (χ0n) is 13.7. The topological polar surface area (TPSA) is 47.6 Å². The summed E-state index contributed by atoms with van der Waals surface area (Å²) >= 11 is 9.23. The first-order valence-electron chi connectivity index (χ1n) is 7.42. The van der Waals surface area contributed by atoms with Gasteiger partial charge < -0.3 is 14.8 Å². The maximum Gasteiger partial charge on any atom is 0.258 e. The van der Waals surface area contributed by atoms with Gasteiger partial charge >= 0.3 is 0 Å². The number of methoxy groups -OCH3 is 1. The molecule has 0 saturated carbocycles. The van der Waals surface area contributed by atoms with Crippen LogP contribution in [0.1, 0.15) is 24.1 Å². The van der Waals surface area contributed by atoms with Crippen molar-refractivity contribution in [2.45, 2.75) is 19.9 Å². The maximum atomic E-state index is 12.1. The van der Waals surface area contributed by atoms with E-state index >= 15 is 0 Å². The van der Waals surface area contributed by atoms with E-state index in [1.807, 2.05) is 32.0 Å². The average molecular weight is 413 g/mol. The van der Waals surface area contributed by atoms with Crippen molar-refractivity contribution in [3.05, 3.63) is 57.0 Å². The largest absolute Gasteiger partial charge is 0.496 e. The summed E-state index contributed by atoms with van der Waals surface area (Å²) in [6.07, 6.45) is 0. The minimum atomic E-state index is -0.215. The van der Waals surface area contributed by atoms with Crippen LogP contribution in [0.2, 0.25) is 5.02 Å². The molecule has 0 aliphatic carbocycles. The normalized spacial score (nSPS) is 11.7. The quantitative estimate of drug-likeness (QED) is 0.749. The summed E-state index contributed by atoms with van der Waals surface area (Å²) < 4.78 is 11.6. The van der Waals surface area contributed by atoms with Gasteiger partial charge in [0.2, 0.25) is 0 Å². The molecule has 4 nitrogen and oxygen atoms in total. The number of carbonyl (C=O) groups excluding carboxylic acids is 1. The van der Waals surface area contributed by atoms with Gasteiger partial charge in [-0.3, -0.25) is 4.79 Å². The van der Waals surface area contributed by atoms with Crippen molar-refractivity contribution in [2.75, 3.05) is 13.7 Å². The molecule has 0 fully saturated rings. The van der Waals surface area contributed by atoms with Crippen LogP contribution in [0.5, 0.6) is 11.5 Å². The van der Waals surface area contributed by atoms with Crippen molar-refractivity contribution in [1.82, 2.24) is 5.32 Å². The third kappa shape index (κ3) is 4.89.